The third-order valence-electron chi connectivity index (χ3n) is 5.81. The molecule has 0 saturated heterocycles. The van der Waals surface area contributed by atoms with Gasteiger partial charge in [-0.05, 0) is 112 Å². The van der Waals surface area contributed by atoms with Gasteiger partial charge in [0.2, 0.25) is 0 Å². The minimum Gasteiger partial charge on any atom is -0.488 e. The lowest BCUT2D eigenvalue weighted by Gasteiger charge is -2.30. The molecule has 0 radical (unpaired) electrons. The summed E-state index contributed by atoms with van der Waals surface area (Å²) in [6.07, 6.45) is 1.83. The van der Waals surface area contributed by atoms with Gasteiger partial charge in [0.25, 0.3) is 0 Å². The van der Waals surface area contributed by atoms with Crippen molar-refractivity contribution in [2.24, 2.45) is 0 Å². The molecule has 0 heterocycles. The van der Waals surface area contributed by atoms with Crippen molar-refractivity contribution in [2.45, 2.75) is 112 Å². The highest BCUT2D eigenvalue weighted by Gasteiger charge is 2.24. The molecule has 2 aromatic carbocycles. The molecular weight excluding hydrogens is 436 g/mol. The van der Waals surface area contributed by atoms with Gasteiger partial charge in [-0.3, -0.25) is 0 Å². The van der Waals surface area contributed by atoms with Crippen LogP contribution in [0.1, 0.15) is 86.3 Å². The Labute approximate surface area is 214 Å². The number of ether oxygens (including phenoxy) is 4. The summed E-state index contributed by atoms with van der Waals surface area (Å²) >= 11 is 0. The van der Waals surface area contributed by atoms with Crippen LogP contribution < -0.4 is 9.47 Å². The monoisotopic (exact) mass is 484 g/mol. The molecule has 4 nitrogen and oxygen atoms in total. The smallest absolute Gasteiger partial charge is 0.127 e. The number of rotatable bonds is 12. The van der Waals surface area contributed by atoms with Crippen LogP contribution in [0.2, 0.25) is 0 Å². The van der Waals surface area contributed by atoms with Crippen LogP contribution in [-0.4, -0.2) is 36.1 Å². The highest BCUT2D eigenvalue weighted by atomic mass is 16.5. The molecule has 35 heavy (non-hydrogen) atoms. The zero-order valence-corrected chi connectivity index (χ0v) is 24.0. The fourth-order valence-electron chi connectivity index (χ4n) is 3.76. The average molecular weight is 485 g/mol. The fraction of sp³-hybridized carbons (Fsp3) is 0.613. The standard InChI is InChI=1S/C31H48O4/c1-22(2)32-18-16-31(10,11)35-28-15-12-23(3)20-27(28)26-21-25(14-13-24(26)4)34-30(8,9)17-19-33-29(5,6)7/h12-15,20-22H,16-19H2,1-11H3. The summed E-state index contributed by atoms with van der Waals surface area (Å²) in [7, 11) is 0. The van der Waals surface area contributed by atoms with Crippen LogP contribution in [0.5, 0.6) is 11.5 Å². The fourth-order valence-corrected chi connectivity index (χ4v) is 3.76. The Morgan fingerprint density at radius 2 is 1.34 bits per heavy atom. The van der Waals surface area contributed by atoms with E-state index in [4.69, 9.17) is 18.9 Å². The second kappa shape index (κ2) is 11.8. The average Bonchev–Trinajstić information content (AvgIpc) is 2.69. The molecule has 2 aromatic rings. The maximum absolute atomic E-state index is 6.57. The van der Waals surface area contributed by atoms with Crippen molar-refractivity contribution in [3.05, 3.63) is 47.5 Å². The van der Waals surface area contributed by atoms with Gasteiger partial charge in [-0.15, -0.1) is 0 Å². The van der Waals surface area contributed by atoms with Crippen molar-refractivity contribution >= 4 is 0 Å². The van der Waals surface area contributed by atoms with E-state index in [1.807, 2.05) is 0 Å². The van der Waals surface area contributed by atoms with Crippen molar-refractivity contribution in [1.82, 2.24) is 0 Å². The molecule has 0 spiro atoms. The number of aryl methyl sites for hydroxylation is 2. The SMILES string of the molecule is Cc1ccc(OC(C)(C)CCOC(C)C)c(-c2cc(OC(C)(C)CCOC(C)(C)C)ccc2C)c1. The maximum Gasteiger partial charge on any atom is 0.127 e. The van der Waals surface area contributed by atoms with Crippen molar-refractivity contribution in [2.75, 3.05) is 13.2 Å². The van der Waals surface area contributed by atoms with Crippen LogP contribution >= 0.6 is 0 Å². The third-order valence-corrected chi connectivity index (χ3v) is 5.81. The van der Waals surface area contributed by atoms with E-state index in [1.54, 1.807) is 0 Å². The van der Waals surface area contributed by atoms with E-state index in [1.165, 1.54) is 11.1 Å². The zero-order valence-electron chi connectivity index (χ0n) is 24.0. The maximum atomic E-state index is 6.57. The molecule has 0 unspecified atom stereocenters. The lowest BCUT2D eigenvalue weighted by molar-refractivity contribution is -0.0292. The second-order valence-electron chi connectivity index (χ2n) is 12.1. The van der Waals surface area contributed by atoms with E-state index in [2.05, 4.69) is 113 Å². The highest BCUT2D eigenvalue weighted by Crippen LogP contribution is 2.38. The van der Waals surface area contributed by atoms with Gasteiger partial charge in [-0.25, -0.2) is 0 Å². The molecule has 0 aliphatic heterocycles. The lowest BCUT2D eigenvalue weighted by Crippen LogP contribution is -2.32. The molecule has 0 aliphatic rings. The first kappa shape index (κ1) is 29.2. The summed E-state index contributed by atoms with van der Waals surface area (Å²) in [5, 5.41) is 0. The van der Waals surface area contributed by atoms with Crippen molar-refractivity contribution in [3.8, 4) is 22.6 Å². The normalized spacial score (nSPS) is 12.8. The molecule has 0 saturated carbocycles. The first-order valence-electron chi connectivity index (χ1n) is 12.9. The first-order chi connectivity index (χ1) is 16.1. The summed E-state index contributed by atoms with van der Waals surface area (Å²) in [5.74, 6) is 1.73. The Morgan fingerprint density at radius 3 is 1.97 bits per heavy atom. The van der Waals surface area contributed by atoms with E-state index in [9.17, 15) is 0 Å². The van der Waals surface area contributed by atoms with E-state index < -0.39 is 0 Å². The van der Waals surface area contributed by atoms with Crippen molar-refractivity contribution in [1.29, 1.82) is 0 Å². The number of benzene rings is 2. The van der Waals surface area contributed by atoms with Crippen LogP contribution in [-0.2, 0) is 9.47 Å². The van der Waals surface area contributed by atoms with Gasteiger partial charge >= 0.3 is 0 Å². The second-order valence-corrected chi connectivity index (χ2v) is 12.1. The molecule has 0 atom stereocenters. The highest BCUT2D eigenvalue weighted by molar-refractivity contribution is 5.75. The quantitative estimate of drug-likeness (QED) is 0.303. The van der Waals surface area contributed by atoms with Gasteiger partial charge in [0, 0.05) is 18.4 Å². The largest absolute Gasteiger partial charge is 0.488 e. The molecule has 2 rings (SSSR count). The molecule has 4 heteroatoms. The van der Waals surface area contributed by atoms with Gasteiger partial charge in [-0.2, -0.15) is 0 Å². The van der Waals surface area contributed by atoms with Crippen molar-refractivity contribution < 1.29 is 18.9 Å². The predicted octanol–water partition coefficient (Wildman–Crippen LogP) is 8.31. The van der Waals surface area contributed by atoms with Crippen molar-refractivity contribution in [3.63, 3.8) is 0 Å². The van der Waals surface area contributed by atoms with E-state index >= 15 is 0 Å². The zero-order chi connectivity index (χ0) is 26.4. The lowest BCUT2D eigenvalue weighted by atomic mass is 9.96. The minimum atomic E-state index is -0.351. The summed E-state index contributed by atoms with van der Waals surface area (Å²) in [5.41, 5.74) is 3.74. The van der Waals surface area contributed by atoms with Gasteiger partial charge in [-0.1, -0.05) is 17.7 Å². The summed E-state index contributed by atoms with van der Waals surface area (Å²) < 4.78 is 24.7. The van der Waals surface area contributed by atoms with E-state index in [0.29, 0.717) is 13.2 Å². The molecule has 0 aliphatic carbocycles. The summed E-state index contributed by atoms with van der Waals surface area (Å²) in [6.45, 7) is 24.4. The van der Waals surface area contributed by atoms with Gasteiger partial charge in [0.15, 0.2) is 0 Å². The van der Waals surface area contributed by atoms with Crippen LogP contribution in [0.25, 0.3) is 11.1 Å². The topological polar surface area (TPSA) is 36.9 Å². The Balaban J connectivity index is 2.27. The Hall–Kier alpha value is -2.04. The molecule has 0 aromatic heterocycles. The van der Waals surface area contributed by atoms with Gasteiger partial charge in [0.1, 0.15) is 22.7 Å². The van der Waals surface area contributed by atoms with Gasteiger partial charge in [0.05, 0.1) is 24.9 Å². The van der Waals surface area contributed by atoms with E-state index in [0.717, 1.165) is 35.5 Å². The molecule has 0 bridgehead atoms. The van der Waals surface area contributed by atoms with Crippen LogP contribution in [0, 0.1) is 13.8 Å². The molecule has 0 fully saturated rings. The Bertz CT molecular complexity index is 951. The van der Waals surface area contributed by atoms with Gasteiger partial charge < -0.3 is 18.9 Å². The van der Waals surface area contributed by atoms with Crippen LogP contribution in [0.3, 0.4) is 0 Å². The Morgan fingerprint density at radius 1 is 0.714 bits per heavy atom. The minimum absolute atomic E-state index is 0.149. The molecule has 0 N–H and O–H groups in total. The first-order valence-corrected chi connectivity index (χ1v) is 12.9. The van der Waals surface area contributed by atoms with E-state index in [-0.39, 0.29) is 22.9 Å². The predicted molar refractivity (Wildman–Crippen MR) is 147 cm³/mol. The summed E-state index contributed by atoms with van der Waals surface area (Å²) in [6, 6.07) is 12.7. The summed E-state index contributed by atoms with van der Waals surface area (Å²) in [4.78, 5) is 0. The third kappa shape index (κ3) is 10.2. The molecular formula is C31H48O4. The number of hydrogen-bond acceptors (Lipinski definition) is 4. The molecule has 196 valence electrons. The van der Waals surface area contributed by atoms with Crippen LogP contribution in [0.15, 0.2) is 36.4 Å². The van der Waals surface area contributed by atoms with Crippen LogP contribution in [0.4, 0.5) is 0 Å². The number of hydrogen-bond donors (Lipinski definition) is 0. The molecule has 0 amide bonds. The Kier molecular flexibility index (Phi) is 9.84.